The summed E-state index contributed by atoms with van der Waals surface area (Å²) in [7, 11) is 1.69. The van der Waals surface area contributed by atoms with Crippen LogP contribution in [0.25, 0.3) is 0 Å². The molecule has 0 fully saturated rings. The molecule has 0 N–H and O–H groups in total. The van der Waals surface area contributed by atoms with Gasteiger partial charge in [-0.2, -0.15) is 0 Å². The molecule has 0 saturated carbocycles. The zero-order chi connectivity index (χ0) is 8.36. The second-order valence-electron chi connectivity index (χ2n) is 2.81. The van der Waals surface area contributed by atoms with Crippen molar-refractivity contribution in [1.29, 1.82) is 0 Å². The van der Waals surface area contributed by atoms with Crippen molar-refractivity contribution in [2.24, 2.45) is 0 Å². The number of ether oxygens (including phenoxy) is 1. The molecule has 0 spiro atoms. The molecule has 0 aliphatic heterocycles. The first-order chi connectivity index (χ1) is 5.41. The Hall–Kier alpha value is -0.460. The SMILES string of the molecule is CCCCCCCC=COC. The largest absolute Gasteiger partial charge is 0.505 e. The van der Waals surface area contributed by atoms with Gasteiger partial charge in [0.15, 0.2) is 0 Å². The molecule has 0 bridgehead atoms. The summed E-state index contributed by atoms with van der Waals surface area (Å²) in [5.41, 5.74) is 0. The maximum Gasteiger partial charge on any atom is 0.0784 e. The van der Waals surface area contributed by atoms with Crippen LogP contribution in [0.3, 0.4) is 0 Å². The Morgan fingerprint density at radius 2 is 1.82 bits per heavy atom. The lowest BCUT2D eigenvalue weighted by molar-refractivity contribution is 0.336. The molecule has 0 aromatic rings. The van der Waals surface area contributed by atoms with Crippen LogP contribution in [0.4, 0.5) is 0 Å². The molecule has 0 rings (SSSR count). The van der Waals surface area contributed by atoms with Gasteiger partial charge in [0.25, 0.3) is 0 Å². The highest BCUT2D eigenvalue weighted by Gasteiger charge is 1.85. The second-order valence-corrected chi connectivity index (χ2v) is 2.81. The lowest BCUT2D eigenvalue weighted by atomic mass is 10.1. The maximum absolute atomic E-state index is 4.79. The molecular weight excluding hydrogens is 136 g/mol. The summed E-state index contributed by atoms with van der Waals surface area (Å²) in [4.78, 5) is 0. The van der Waals surface area contributed by atoms with E-state index in [4.69, 9.17) is 4.74 Å². The van der Waals surface area contributed by atoms with E-state index in [0.29, 0.717) is 0 Å². The van der Waals surface area contributed by atoms with Crippen LogP contribution in [-0.2, 0) is 4.74 Å². The van der Waals surface area contributed by atoms with Gasteiger partial charge in [-0.05, 0) is 18.9 Å². The first kappa shape index (κ1) is 10.5. The van der Waals surface area contributed by atoms with Gasteiger partial charge in [-0.25, -0.2) is 0 Å². The Labute approximate surface area is 70.4 Å². The molecule has 0 heterocycles. The Kier molecular flexibility index (Phi) is 9.14. The Morgan fingerprint density at radius 3 is 2.45 bits per heavy atom. The molecule has 0 aliphatic rings. The normalized spacial score (nSPS) is 10.7. The van der Waals surface area contributed by atoms with Crippen LogP contribution >= 0.6 is 0 Å². The highest BCUT2D eigenvalue weighted by atomic mass is 16.5. The van der Waals surface area contributed by atoms with Crippen LogP contribution in [0.1, 0.15) is 45.4 Å². The van der Waals surface area contributed by atoms with Gasteiger partial charge < -0.3 is 4.74 Å². The standard InChI is InChI=1S/C10H20O/c1-3-4-5-6-7-8-9-10-11-2/h9-10H,3-8H2,1-2H3. The van der Waals surface area contributed by atoms with Crippen molar-refractivity contribution in [2.75, 3.05) is 7.11 Å². The predicted octanol–water partition coefficient (Wildman–Crippen LogP) is 3.51. The minimum Gasteiger partial charge on any atom is -0.505 e. The summed E-state index contributed by atoms with van der Waals surface area (Å²) in [5, 5.41) is 0. The third-order valence-corrected chi connectivity index (χ3v) is 1.71. The van der Waals surface area contributed by atoms with Gasteiger partial charge in [-0.3, -0.25) is 0 Å². The van der Waals surface area contributed by atoms with Crippen molar-refractivity contribution in [3.63, 3.8) is 0 Å². The van der Waals surface area contributed by atoms with Crippen LogP contribution < -0.4 is 0 Å². The van der Waals surface area contributed by atoms with Crippen molar-refractivity contribution < 1.29 is 4.74 Å². The van der Waals surface area contributed by atoms with Gasteiger partial charge in [-0.1, -0.05) is 32.6 Å². The first-order valence-corrected chi connectivity index (χ1v) is 4.59. The summed E-state index contributed by atoms with van der Waals surface area (Å²) in [6.07, 6.45) is 11.8. The lowest BCUT2D eigenvalue weighted by Gasteiger charge is -1.95. The van der Waals surface area contributed by atoms with Gasteiger partial charge in [0, 0.05) is 0 Å². The molecule has 0 atom stereocenters. The predicted molar refractivity (Wildman–Crippen MR) is 49.5 cm³/mol. The summed E-state index contributed by atoms with van der Waals surface area (Å²) in [5.74, 6) is 0. The highest BCUT2D eigenvalue weighted by Crippen LogP contribution is 2.04. The molecule has 0 unspecified atom stereocenters. The van der Waals surface area contributed by atoms with Crippen LogP contribution in [-0.4, -0.2) is 7.11 Å². The van der Waals surface area contributed by atoms with E-state index in [1.807, 2.05) is 0 Å². The van der Waals surface area contributed by atoms with Crippen molar-refractivity contribution in [1.82, 2.24) is 0 Å². The molecule has 1 heteroatoms. The van der Waals surface area contributed by atoms with Crippen molar-refractivity contribution in [3.05, 3.63) is 12.3 Å². The zero-order valence-electron chi connectivity index (χ0n) is 7.81. The van der Waals surface area contributed by atoms with E-state index in [0.717, 1.165) is 6.42 Å². The molecule has 0 saturated heterocycles. The maximum atomic E-state index is 4.79. The molecule has 11 heavy (non-hydrogen) atoms. The fourth-order valence-electron chi connectivity index (χ4n) is 1.03. The van der Waals surface area contributed by atoms with Crippen LogP contribution in [0, 0.1) is 0 Å². The van der Waals surface area contributed by atoms with Crippen LogP contribution in [0.5, 0.6) is 0 Å². The molecule has 0 aromatic heterocycles. The number of methoxy groups -OCH3 is 1. The van der Waals surface area contributed by atoms with Gasteiger partial charge >= 0.3 is 0 Å². The van der Waals surface area contributed by atoms with Crippen LogP contribution in [0.15, 0.2) is 12.3 Å². The van der Waals surface area contributed by atoms with Crippen molar-refractivity contribution in [2.45, 2.75) is 45.4 Å². The Bertz CT molecular complexity index is 86.9. The first-order valence-electron chi connectivity index (χ1n) is 4.59. The second kappa shape index (κ2) is 9.54. The summed E-state index contributed by atoms with van der Waals surface area (Å²) in [6.45, 7) is 2.24. The number of unbranched alkanes of at least 4 members (excludes halogenated alkanes) is 5. The van der Waals surface area contributed by atoms with Crippen molar-refractivity contribution >= 4 is 0 Å². The average molecular weight is 156 g/mol. The van der Waals surface area contributed by atoms with E-state index >= 15 is 0 Å². The summed E-state index contributed by atoms with van der Waals surface area (Å²) < 4.78 is 4.79. The molecule has 0 amide bonds. The van der Waals surface area contributed by atoms with Crippen LogP contribution in [0.2, 0.25) is 0 Å². The van der Waals surface area contributed by atoms with E-state index in [1.54, 1.807) is 13.4 Å². The molecule has 1 nitrogen and oxygen atoms in total. The smallest absolute Gasteiger partial charge is 0.0784 e. The Morgan fingerprint density at radius 1 is 1.09 bits per heavy atom. The van der Waals surface area contributed by atoms with Gasteiger partial charge in [-0.15, -0.1) is 0 Å². The zero-order valence-corrected chi connectivity index (χ0v) is 7.81. The minimum absolute atomic E-state index is 1.16. The lowest BCUT2D eigenvalue weighted by Crippen LogP contribution is -1.76. The van der Waals surface area contributed by atoms with E-state index in [2.05, 4.69) is 13.0 Å². The van der Waals surface area contributed by atoms with E-state index < -0.39 is 0 Å². The third-order valence-electron chi connectivity index (χ3n) is 1.71. The number of allylic oxidation sites excluding steroid dienone is 1. The van der Waals surface area contributed by atoms with E-state index in [1.165, 1.54) is 32.1 Å². The summed E-state index contributed by atoms with van der Waals surface area (Å²) in [6, 6.07) is 0. The molecular formula is C10H20O. The molecule has 0 radical (unpaired) electrons. The fraction of sp³-hybridized carbons (Fsp3) is 0.800. The molecule has 0 aromatic carbocycles. The fourth-order valence-corrected chi connectivity index (χ4v) is 1.03. The number of hydrogen-bond acceptors (Lipinski definition) is 1. The quantitative estimate of drug-likeness (QED) is 0.405. The monoisotopic (exact) mass is 156 g/mol. The van der Waals surface area contributed by atoms with Crippen molar-refractivity contribution in [3.8, 4) is 0 Å². The van der Waals surface area contributed by atoms with Gasteiger partial charge in [0.1, 0.15) is 0 Å². The number of hydrogen-bond donors (Lipinski definition) is 0. The topological polar surface area (TPSA) is 9.23 Å². The minimum atomic E-state index is 1.16. The molecule has 0 aliphatic carbocycles. The summed E-state index contributed by atoms with van der Waals surface area (Å²) >= 11 is 0. The van der Waals surface area contributed by atoms with Gasteiger partial charge in [0.2, 0.25) is 0 Å². The highest BCUT2D eigenvalue weighted by molar-refractivity contribution is 4.72. The average Bonchev–Trinajstić information content (AvgIpc) is 2.03. The Balaban J connectivity index is 2.85. The third kappa shape index (κ3) is 9.54. The molecule has 66 valence electrons. The number of rotatable bonds is 7. The van der Waals surface area contributed by atoms with E-state index in [9.17, 15) is 0 Å². The van der Waals surface area contributed by atoms with Gasteiger partial charge in [0.05, 0.1) is 13.4 Å². The van der Waals surface area contributed by atoms with E-state index in [-0.39, 0.29) is 0 Å².